The lowest BCUT2D eigenvalue weighted by atomic mass is 9.75. The van der Waals surface area contributed by atoms with Crippen LogP contribution in [0.1, 0.15) is 73.6 Å². The maximum Gasteiger partial charge on any atom is 0.261 e. The summed E-state index contributed by atoms with van der Waals surface area (Å²) >= 11 is 0. The fraction of sp³-hybridized carbons (Fsp3) is 0.613. The zero-order chi connectivity index (χ0) is 26.1. The number of ether oxygens (including phenoxy) is 1. The van der Waals surface area contributed by atoms with Gasteiger partial charge in [-0.25, -0.2) is 0 Å². The molecule has 1 aliphatic carbocycles. The molecule has 1 saturated carbocycles. The number of piperidine rings is 1. The van der Waals surface area contributed by atoms with Gasteiger partial charge in [0, 0.05) is 29.6 Å². The van der Waals surface area contributed by atoms with Gasteiger partial charge in [0.25, 0.3) is 11.8 Å². The first-order valence-electron chi connectivity index (χ1n) is 14.2. The molecule has 2 aromatic rings. The van der Waals surface area contributed by atoms with E-state index < -0.39 is 6.10 Å². The Morgan fingerprint density at radius 3 is 2.24 bits per heavy atom. The molecule has 0 aromatic heterocycles. The third-order valence-electron chi connectivity index (χ3n) is 8.94. The number of nitrogens with zero attached hydrogens (tertiary/aromatic N) is 2. The normalized spacial score (nSPS) is 26.3. The largest absolute Gasteiger partial charge is 0.389 e. The lowest BCUT2D eigenvalue weighted by Crippen LogP contribution is -2.46. The number of aliphatic hydroxyl groups excluding tert-OH is 1. The van der Waals surface area contributed by atoms with Gasteiger partial charge in [-0.15, -0.1) is 0 Å². The van der Waals surface area contributed by atoms with Crippen molar-refractivity contribution >= 4 is 22.6 Å². The summed E-state index contributed by atoms with van der Waals surface area (Å²) in [5, 5.41) is 12.4. The first kappa shape index (κ1) is 26.3. The standard InChI is InChI=1S/C31H42N2O4/c1-20(2)25-11-10-21(3)16-28(25)37-19-24(34)18-32-14-12-22(13-15-32)17-33-30(35)26-8-4-6-23-7-5-9-27(29(23)26)31(33)36/h4-9,20-22,24-25,28,34H,10-19H2,1-3H3/t21-,24+,25-,28+/m0/s1. The molecule has 2 fully saturated rings. The van der Waals surface area contributed by atoms with E-state index in [1.807, 2.05) is 36.4 Å². The number of likely N-dealkylation sites (tertiary alicyclic amines) is 1. The molecule has 0 bridgehead atoms. The van der Waals surface area contributed by atoms with Crippen molar-refractivity contribution in [1.29, 1.82) is 0 Å². The van der Waals surface area contributed by atoms with Crippen LogP contribution in [0.2, 0.25) is 0 Å². The molecular formula is C31H42N2O4. The summed E-state index contributed by atoms with van der Waals surface area (Å²) < 4.78 is 6.27. The van der Waals surface area contributed by atoms with Gasteiger partial charge in [-0.3, -0.25) is 14.5 Å². The van der Waals surface area contributed by atoms with E-state index in [-0.39, 0.29) is 23.8 Å². The molecule has 2 heterocycles. The molecule has 4 atom stereocenters. The van der Waals surface area contributed by atoms with Crippen molar-refractivity contribution in [2.45, 2.75) is 65.1 Å². The van der Waals surface area contributed by atoms with Crippen LogP contribution in [-0.4, -0.2) is 71.7 Å². The zero-order valence-corrected chi connectivity index (χ0v) is 22.6. The molecule has 0 radical (unpaired) electrons. The van der Waals surface area contributed by atoms with Crippen molar-refractivity contribution in [2.75, 3.05) is 32.8 Å². The lowest BCUT2D eigenvalue weighted by Gasteiger charge is -2.38. The van der Waals surface area contributed by atoms with Gasteiger partial charge in [0.2, 0.25) is 0 Å². The molecule has 200 valence electrons. The van der Waals surface area contributed by atoms with Crippen LogP contribution >= 0.6 is 0 Å². The maximum atomic E-state index is 13.2. The predicted octanol–water partition coefficient (Wildman–Crippen LogP) is 4.99. The second-order valence-electron chi connectivity index (χ2n) is 12.0. The number of β-amino-alcohol motifs (C(OH)–C–C–N with tert-alkyl or cyclic N) is 1. The Labute approximate surface area is 221 Å². The monoisotopic (exact) mass is 506 g/mol. The summed E-state index contributed by atoms with van der Waals surface area (Å²) in [5.41, 5.74) is 1.25. The highest BCUT2D eigenvalue weighted by Crippen LogP contribution is 2.35. The van der Waals surface area contributed by atoms with E-state index in [4.69, 9.17) is 4.74 Å². The van der Waals surface area contributed by atoms with Crippen LogP contribution in [0.4, 0.5) is 0 Å². The molecule has 0 spiro atoms. The van der Waals surface area contributed by atoms with Gasteiger partial charge in [-0.05, 0) is 80.0 Å². The molecule has 5 rings (SSSR count). The molecule has 1 N–H and O–H groups in total. The van der Waals surface area contributed by atoms with Crippen LogP contribution in [0.5, 0.6) is 0 Å². The smallest absolute Gasteiger partial charge is 0.261 e. The van der Waals surface area contributed by atoms with Crippen LogP contribution in [0.15, 0.2) is 36.4 Å². The number of imide groups is 1. The topological polar surface area (TPSA) is 70.1 Å². The lowest BCUT2D eigenvalue weighted by molar-refractivity contribution is -0.0750. The number of amides is 2. The number of hydrogen-bond acceptors (Lipinski definition) is 5. The van der Waals surface area contributed by atoms with Gasteiger partial charge in [0.05, 0.1) is 18.8 Å². The molecular weight excluding hydrogens is 464 g/mol. The van der Waals surface area contributed by atoms with E-state index in [0.29, 0.717) is 48.6 Å². The minimum atomic E-state index is -0.496. The fourth-order valence-corrected chi connectivity index (χ4v) is 6.75. The summed E-state index contributed by atoms with van der Waals surface area (Å²) in [6.45, 7) is 10.0. The fourth-order valence-electron chi connectivity index (χ4n) is 6.75. The summed E-state index contributed by atoms with van der Waals surface area (Å²) in [7, 11) is 0. The summed E-state index contributed by atoms with van der Waals surface area (Å²) in [5.74, 6) is 1.79. The quantitative estimate of drug-likeness (QED) is 0.511. The molecule has 0 unspecified atom stereocenters. The SMILES string of the molecule is CC(C)[C@@H]1CC[C@H](C)C[C@H]1OC[C@H](O)CN1CCC(CN2C(=O)c3cccc4cccc(c34)C2=O)CC1. The Balaban J connectivity index is 1.11. The first-order chi connectivity index (χ1) is 17.8. The van der Waals surface area contributed by atoms with Gasteiger partial charge >= 0.3 is 0 Å². The third kappa shape index (κ3) is 5.62. The minimum Gasteiger partial charge on any atom is -0.389 e. The Hall–Kier alpha value is -2.28. The molecule has 2 amide bonds. The van der Waals surface area contributed by atoms with Crippen molar-refractivity contribution in [2.24, 2.45) is 23.7 Å². The predicted molar refractivity (Wildman–Crippen MR) is 146 cm³/mol. The van der Waals surface area contributed by atoms with Crippen LogP contribution in [0.3, 0.4) is 0 Å². The van der Waals surface area contributed by atoms with Crippen molar-refractivity contribution in [1.82, 2.24) is 9.80 Å². The van der Waals surface area contributed by atoms with E-state index in [0.717, 1.165) is 43.1 Å². The van der Waals surface area contributed by atoms with Crippen molar-refractivity contribution < 1.29 is 19.4 Å². The van der Waals surface area contributed by atoms with Crippen LogP contribution in [0.25, 0.3) is 10.8 Å². The molecule has 1 saturated heterocycles. The van der Waals surface area contributed by atoms with E-state index >= 15 is 0 Å². The van der Waals surface area contributed by atoms with Crippen molar-refractivity contribution in [3.63, 3.8) is 0 Å². The van der Waals surface area contributed by atoms with Crippen LogP contribution in [0, 0.1) is 23.7 Å². The third-order valence-corrected chi connectivity index (χ3v) is 8.94. The van der Waals surface area contributed by atoms with Crippen LogP contribution in [-0.2, 0) is 4.74 Å². The van der Waals surface area contributed by atoms with Gasteiger partial charge in [0.15, 0.2) is 0 Å². The molecule has 6 nitrogen and oxygen atoms in total. The highest BCUT2D eigenvalue weighted by molar-refractivity contribution is 6.25. The number of carbonyl (C=O) groups is 2. The summed E-state index contributed by atoms with van der Waals surface area (Å²) in [6, 6.07) is 11.3. The Bertz CT molecular complexity index is 1070. The van der Waals surface area contributed by atoms with E-state index in [1.165, 1.54) is 17.7 Å². The van der Waals surface area contributed by atoms with E-state index in [9.17, 15) is 14.7 Å². The average molecular weight is 507 g/mol. The number of rotatable bonds is 8. The van der Waals surface area contributed by atoms with E-state index in [2.05, 4.69) is 25.7 Å². The number of carbonyl (C=O) groups excluding carboxylic acids is 2. The summed E-state index contributed by atoms with van der Waals surface area (Å²) in [4.78, 5) is 30.2. The average Bonchev–Trinajstić information content (AvgIpc) is 2.89. The van der Waals surface area contributed by atoms with Gasteiger partial charge in [-0.1, -0.05) is 51.5 Å². The van der Waals surface area contributed by atoms with E-state index in [1.54, 1.807) is 0 Å². The zero-order valence-electron chi connectivity index (χ0n) is 22.6. The number of aliphatic hydroxyl groups is 1. The highest BCUT2D eigenvalue weighted by Gasteiger charge is 2.35. The number of benzene rings is 2. The second kappa shape index (κ2) is 11.2. The molecule has 3 aliphatic rings. The van der Waals surface area contributed by atoms with Crippen molar-refractivity contribution in [3.05, 3.63) is 47.5 Å². The number of hydrogen-bond donors (Lipinski definition) is 1. The molecule has 6 heteroatoms. The Kier molecular flexibility index (Phi) is 7.99. The Morgan fingerprint density at radius 1 is 0.973 bits per heavy atom. The second-order valence-corrected chi connectivity index (χ2v) is 12.0. The highest BCUT2D eigenvalue weighted by atomic mass is 16.5. The van der Waals surface area contributed by atoms with Crippen molar-refractivity contribution in [3.8, 4) is 0 Å². The van der Waals surface area contributed by atoms with Gasteiger partial charge in [0.1, 0.15) is 0 Å². The molecule has 2 aliphatic heterocycles. The Morgan fingerprint density at radius 2 is 1.62 bits per heavy atom. The first-order valence-corrected chi connectivity index (χ1v) is 14.2. The maximum absolute atomic E-state index is 13.2. The molecule has 37 heavy (non-hydrogen) atoms. The summed E-state index contributed by atoms with van der Waals surface area (Å²) in [6.07, 6.45) is 5.15. The van der Waals surface area contributed by atoms with Crippen LogP contribution < -0.4 is 0 Å². The van der Waals surface area contributed by atoms with Gasteiger partial charge in [-0.2, -0.15) is 0 Å². The van der Waals surface area contributed by atoms with Gasteiger partial charge < -0.3 is 14.7 Å². The molecule has 2 aromatic carbocycles. The minimum absolute atomic E-state index is 0.180.